The first kappa shape index (κ1) is 13.3. The van der Waals surface area contributed by atoms with Crippen LogP contribution in [0.4, 0.5) is 0 Å². The predicted molar refractivity (Wildman–Crippen MR) is 67.1 cm³/mol. The molecule has 0 spiro atoms. The van der Waals surface area contributed by atoms with E-state index in [1.807, 2.05) is 0 Å². The molecule has 0 saturated heterocycles. The van der Waals surface area contributed by atoms with E-state index in [0.717, 1.165) is 9.37 Å². The highest BCUT2D eigenvalue weighted by Gasteiger charge is 2.15. The largest absolute Gasteiger partial charge is 0.475 e. The number of ketones is 1. The van der Waals surface area contributed by atoms with Gasteiger partial charge >= 0.3 is 5.97 Å². The summed E-state index contributed by atoms with van der Waals surface area (Å²) in [6, 6.07) is 4.83. The molecule has 0 heterocycles. The highest BCUT2D eigenvalue weighted by molar-refractivity contribution is 9.10. The lowest BCUT2D eigenvalue weighted by molar-refractivity contribution is -0.131. The lowest BCUT2D eigenvalue weighted by Crippen LogP contribution is -2.12. The van der Waals surface area contributed by atoms with Gasteiger partial charge in [0.25, 0.3) is 5.78 Å². The van der Waals surface area contributed by atoms with Gasteiger partial charge in [-0.05, 0) is 34.1 Å². The SMILES string of the molecule is CC(C)Sc1ccc(C(=O)C(=O)O)cc1Br. The normalized spacial score (nSPS) is 10.5. The number of carbonyl (C=O) groups is 2. The third-order valence-electron chi connectivity index (χ3n) is 1.75. The van der Waals surface area contributed by atoms with Gasteiger partial charge in [-0.3, -0.25) is 4.79 Å². The fraction of sp³-hybridized carbons (Fsp3) is 0.273. The van der Waals surface area contributed by atoms with Gasteiger partial charge < -0.3 is 5.11 Å². The van der Waals surface area contributed by atoms with Crippen molar-refractivity contribution in [3.8, 4) is 0 Å². The minimum absolute atomic E-state index is 0.187. The Morgan fingerprint density at radius 2 is 2.00 bits per heavy atom. The van der Waals surface area contributed by atoms with Crippen LogP contribution in [0.5, 0.6) is 0 Å². The van der Waals surface area contributed by atoms with Crippen molar-refractivity contribution in [2.75, 3.05) is 0 Å². The zero-order valence-corrected chi connectivity index (χ0v) is 11.3. The van der Waals surface area contributed by atoms with E-state index in [9.17, 15) is 9.59 Å². The predicted octanol–water partition coefficient (Wildman–Crippen LogP) is 3.22. The van der Waals surface area contributed by atoms with Crippen LogP contribution >= 0.6 is 27.7 Å². The zero-order valence-electron chi connectivity index (χ0n) is 8.86. The van der Waals surface area contributed by atoms with Crippen molar-refractivity contribution >= 4 is 39.4 Å². The minimum atomic E-state index is -1.43. The molecule has 0 radical (unpaired) electrons. The summed E-state index contributed by atoms with van der Waals surface area (Å²) in [5, 5.41) is 9.00. The number of halogens is 1. The highest BCUT2D eigenvalue weighted by atomic mass is 79.9. The molecule has 1 aromatic rings. The van der Waals surface area contributed by atoms with Gasteiger partial charge in [-0.2, -0.15) is 0 Å². The molecule has 1 aromatic carbocycles. The molecular formula is C11H11BrO3S. The monoisotopic (exact) mass is 302 g/mol. The number of carboxylic acid groups (broad SMARTS) is 1. The van der Waals surface area contributed by atoms with Crippen LogP contribution in [0.25, 0.3) is 0 Å². The van der Waals surface area contributed by atoms with E-state index in [0.29, 0.717) is 5.25 Å². The number of rotatable bonds is 4. The van der Waals surface area contributed by atoms with E-state index in [-0.39, 0.29) is 5.56 Å². The van der Waals surface area contributed by atoms with Crippen LogP contribution in [0.2, 0.25) is 0 Å². The number of hydrogen-bond donors (Lipinski definition) is 1. The second-order valence-electron chi connectivity index (χ2n) is 3.45. The second kappa shape index (κ2) is 5.50. The average molecular weight is 303 g/mol. The van der Waals surface area contributed by atoms with Crippen LogP contribution in [0, 0.1) is 0 Å². The maximum Gasteiger partial charge on any atom is 0.377 e. The standard InChI is InChI=1S/C11H11BrO3S/c1-6(2)16-9-4-3-7(5-8(9)12)10(13)11(14)15/h3-6H,1-2H3,(H,14,15). The summed E-state index contributed by atoms with van der Waals surface area (Å²) in [5.41, 5.74) is 0.187. The van der Waals surface area contributed by atoms with Gasteiger partial charge in [0.05, 0.1) is 0 Å². The van der Waals surface area contributed by atoms with Crippen LogP contribution in [-0.4, -0.2) is 22.1 Å². The van der Waals surface area contributed by atoms with Crippen LogP contribution < -0.4 is 0 Å². The molecule has 5 heteroatoms. The summed E-state index contributed by atoms with van der Waals surface area (Å²) in [6.45, 7) is 4.13. The topological polar surface area (TPSA) is 54.4 Å². The maximum absolute atomic E-state index is 11.2. The first-order valence-electron chi connectivity index (χ1n) is 4.65. The van der Waals surface area contributed by atoms with Crippen molar-refractivity contribution < 1.29 is 14.7 Å². The summed E-state index contributed by atoms with van der Waals surface area (Å²) in [7, 11) is 0. The van der Waals surface area contributed by atoms with E-state index in [1.54, 1.807) is 23.9 Å². The molecular weight excluding hydrogens is 292 g/mol. The molecule has 3 nitrogen and oxygen atoms in total. The first-order chi connectivity index (χ1) is 7.41. The number of benzene rings is 1. The fourth-order valence-corrected chi connectivity index (χ4v) is 2.60. The van der Waals surface area contributed by atoms with E-state index < -0.39 is 11.8 Å². The third-order valence-corrected chi connectivity index (χ3v) is 3.75. The molecule has 1 N–H and O–H groups in total. The van der Waals surface area contributed by atoms with Gasteiger partial charge in [0.15, 0.2) is 0 Å². The molecule has 0 bridgehead atoms. The van der Waals surface area contributed by atoms with Crippen molar-refractivity contribution in [1.29, 1.82) is 0 Å². The lowest BCUT2D eigenvalue weighted by atomic mass is 10.1. The Kier molecular flexibility index (Phi) is 4.56. The number of carboxylic acids is 1. The Morgan fingerprint density at radius 3 is 2.44 bits per heavy atom. The van der Waals surface area contributed by atoms with Gasteiger partial charge in [-0.1, -0.05) is 13.8 Å². The van der Waals surface area contributed by atoms with E-state index >= 15 is 0 Å². The van der Waals surface area contributed by atoms with Gasteiger partial charge in [0.1, 0.15) is 0 Å². The van der Waals surface area contributed by atoms with Crippen LogP contribution in [0.15, 0.2) is 27.6 Å². The summed E-state index contributed by atoms with van der Waals surface area (Å²) < 4.78 is 0.748. The third kappa shape index (κ3) is 3.35. The van der Waals surface area contributed by atoms with Crippen molar-refractivity contribution in [2.45, 2.75) is 24.0 Å². The zero-order chi connectivity index (χ0) is 12.3. The second-order valence-corrected chi connectivity index (χ2v) is 5.92. The van der Waals surface area contributed by atoms with E-state index in [2.05, 4.69) is 29.8 Å². The highest BCUT2D eigenvalue weighted by Crippen LogP contribution is 2.31. The molecule has 1 rings (SSSR count). The molecule has 0 aromatic heterocycles. The Hall–Kier alpha value is -0.810. The average Bonchev–Trinajstić information content (AvgIpc) is 2.19. The molecule has 0 atom stereocenters. The number of carbonyl (C=O) groups excluding carboxylic acids is 1. The Labute approximate surface area is 106 Å². The number of hydrogen-bond acceptors (Lipinski definition) is 3. The van der Waals surface area contributed by atoms with Crippen molar-refractivity contribution in [2.24, 2.45) is 0 Å². The first-order valence-corrected chi connectivity index (χ1v) is 6.33. The molecule has 0 fully saturated rings. The Bertz CT molecular complexity index is 429. The number of thioether (sulfide) groups is 1. The van der Waals surface area contributed by atoms with E-state index in [1.165, 1.54) is 6.07 Å². The number of aliphatic carboxylic acids is 1. The van der Waals surface area contributed by atoms with Gasteiger partial charge in [-0.25, -0.2) is 4.79 Å². The summed E-state index contributed by atoms with van der Waals surface area (Å²) >= 11 is 4.98. The molecule has 16 heavy (non-hydrogen) atoms. The molecule has 0 saturated carbocycles. The van der Waals surface area contributed by atoms with E-state index in [4.69, 9.17) is 5.11 Å². The molecule has 86 valence electrons. The van der Waals surface area contributed by atoms with Crippen LogP contribution in [-0.2, 0) is 4.79 Å². The summed E-state index contributed by atoms with van der Waals surface area (Å²) in [4.78, 5) is 22.7. The van der Waals surface area contributed by atoms with Crippen molar-refractivity contribution in [1.82, 2.24) is 0 Å². The molecule has 0 aliphatic heterocycles. The smallest absolute Gasteiger partial charge is 0.377 e. The molecule has 0 aliphatic carbocycles. The Balaban J connectivity index is 2.99. The maximum atomic E-state index is 11.2. The van der Waals surface area contributed by atoms with Crippen LogP contribution in [0.3, 0.4) is 0 Å². The quantitative estimate of drug-likeness (QED) is 0.527. The van der Waals surface area contributed by atoms with Gasteiger partial charge in [-0.15, -0.1) is 11.8 Å². The summed E-state index contributed by atoms with van der Waals surface area (Å²) in [6.07, 6.45) is 0. The van der Waals surface area contributed by atoms with Gasteiger partial charge in [0.2, 0.25) is 0 Å². The molecule has 0 amide bonds. The van der Waals surface area contributed by atoms with Gasteiger partial charge in [0, 0.05) is 20.2 Å². The van der Waals surface area contributed by atoms with Crippen molar-refractivity contribution in [3.63, 3.8) is 0 Å². The molecule has 0 unspecified atom stereocenters. The Morgan fingerprint density at radius 1 is 1.38 bits per heavy atom. The lowest BCUT2D eigenvalue weighted by Gasteiger charge is -2.07. The number of Topliss-reactive ketones (excluding diaryl/α,β-unsaturated/α-hetero) is 1. The fourth-order valence-electron chi connectivity index (χ4n) is 1.12. The van der Waals surface area contributed by atoms with Crippen LogP contribution in [0.1, 0.15) is 24.2 Å². The molecule has 0 aliphatic rings. The van der Waals surface area contributed by atoms with Crippen molar-refractivity contribution in [3.05, 3.63) is 28.2 Å². The minimum Gasteiger partial charge on any atom is -0.475 e. The summed E-state index contributed by atoms with van der Waals surface area (Å²) in [5.74, 6) is -2.32.